The molecule has 2 heterocycles. The first-order valence-corrected chi connectivity index (χ1v) is 10.4. The van der Waals surface area contributed by atoms with Crippen LogP contribution in [-0.4, -0.2) is 47.5 Å². The van der Waals surface area contributed by atoms with Crippen molar-refractivity contribution < 1.29 is 24.1 Å². The van der Waals surface area contributed by atoms with Crippen LogP contribution in [0.5, 0.6) is 5.75 Å². The van der Waals surface area contributed by atoms with E-state index < -0.39 is 17.5 Å². The molecule has 1 fully saturated rings. The van der Waals surface area contributed by atoms with Crippen LogP contribution in [0.3, 0.4) is 0 Å². The molecule has 2 aromatic carbocycles. The third-order valence-electron chi connectivity index (χ3n) is 5.64. The second-order valence-electron chi connectivity index (χ2n) is 7.65. The van der Waals surface area contributed by atoms with Crippen LogP contribution in [0.2, 0.25) is 10.0 Å². The van der Waals surface area contributed by atoms with Crippen LogP contribution in [0.25, 0.3) is 0 Å². The van der Waals surface area contributed by atoms with E-state index in [2.05, 4.69) is 5.32 Å². The molecule has 0 radical (unpaired) electrons. The summed E-state index contributed by atoms with van der Waals surface area (Å²) >= 11 is 12.2. The van der Waals surface area contributed by atoms with Crippen molar-refractivity contribution in [3.05, 3.63) is 51.8 Å². The smallest absolute Gasteiger partial charge is 0.224 e. The standard InChI is InChI=1S/C21H21Cl2FN2O4/c22-12-1-4-16(14(23)9-12)26-8-7-21(29,18(27)10-26)11-30-17-5-3-15(24)20-13(17)2-6-19(28)25-20/h1,3-5,9,18,27,29H,2,6-8,10-11H2,(H,25,28). The Morgan fingerprint density at radius 2 is 2.07 bits per heavy atom. The molecule has 3 N–H and O–H groups in total. The first-order chi connectivity index (χ1) is 14.3. The molecule has 2 aliphatic heterocycles. The number of amides is 1. The molecule has 0 aliphatic carbocycles. The van der Waals surface area contributed by atoms with Crippen molar-refractivity contribution in [2.75, 3.05) is 29.9 Å². The predicted molar refractivity (Wildman–Crippen MR) is 113 cm³/mol. The number of piperidine rings is 1. The molecular formula is C21H21Cl2FN2O4. The average Bonchev–Trinajstić information content (AvgIpc) is 2.70. The summed E-state index contributed by atoms with van der Waals surface area (Å²) in [5, 5.41) is 25.1. The van der Waals surface area contributed by atoms with Gasteiger partial charge < -0.3 is 25.2 Å². The number of β-amino-alcohol motifs (C(OH)–C–C–N with tert-alkyl or cyclic N) is 1. The zero-order valence-corrected chi connectivity index (χ0v) is 17.5. The fourth-order valence-corrected chi connectivity index (χ4v) is 4.38. The Labute approximate surface area is 183 Å². The Balaban J connectivity index is 1.46. The Bertz CT molecular complexity index is 990. The van der Waals surface area contributed by atoms with E-state index in [4.69, 9.17) is 27.9 Å². The van der Waals surface area contributed by atoms with Crippen molar-refractivity contribution in [3.63, 3.8) is 0 Å². The number of fused-ring (bicyclic) bond motifs is 1. The maximum absolute atomic E-state index is 14.0. The largest absolute Gasteiger partial charge is 0.490 e. The van der Waals surface area contributed by atoms with Crippen molar-refractivity contribution in [2.45, 2.75) is 31.0 Å². The number of anilines is 2. The summed E-state index contributed by atoms with van der Waals surface area (Å²) < 4.78 is 19.8. The normalized spacial score (nSPS) is 23.7. The van der Waals surface area contributed by atoms with Crippen LogP contribution >= 0.6 is 23.2 Å². The minimum absolute atomic E-state index is 0.114. The first kappa shape index (κ1) is 21.2. The summed E-state index contributed by atoms with van der Waals surface area (Å²) in [6, 6.07) is 7.81. The van der Waals surface area contributed by atoms with Gasteiger partial charge in [-0.3, -0.25) is 4.79 Å². The Hall–Kier alpha value is -2.06. The number of nitrogens with zero attached hydrogens (tertiary/aromatic N) is 1. The lowest BCUT2D eigenvalue weighted by Gasteiger charge is -2.43. The molecular weight excluding hydrogens is 434 g/mol. The third-order valence-corrected chi connectivity index (χ3v) is 6.18. The molecule has 30 heavy (non-hydrogen) atoms. The van der Waals surface area contributed by atoms with Gasteiger partial charge in [-0.1, -0.05) is 23.2 Å². The molecule has 0 aromatic heterocycles. The number of aliphatic hydroxyl groups is 2. The molecule has 4 rings (SSSR count). The van der Waals surface area contributed by atoms with Crippen molar-refractivity contribution in [1.82, 2.24) is 0 Å². The van der Waals surface area contributed by atoms with E-state index in [-0.39, 0.29) is 37.6 Å². The summed E-state index contributed by atoms with van der Waals surface area (Å²) in [5.41, 5.74) is -0.0813. The number of hydrogen-bond acceptors (Lipinski definition) is 5. The van der Waals surface area contributed by atoms with E-state index in [1.54, 1.807) is 18.2 Å². The molecule has 6 nitrogen and oxygen atoms in total. The van der Waals surface area contributed by atoms with E-state index in [1.807, 2.05) is 4.90 Å². The van der Waals surface area contributed by atoms with Crippen LogP contribution in [0.4, 0.5) is 15.8 Å². The highest BCUT2D eigenvalue weighted by atomic mass is 35.5. The minimum atomic E-state index is -1.48. The Morgan fingerprint density at radius 3 is 2.80 bits per heavy atom. The third kappa shape index (κ3) is 4.07. The van der Waals surface area contributed by atoms with Crippen LogP contribution in [0.1, 0.15) is 18.4 Å². The number of nitrogens with one attached hydrogen (secondary N) is 1. The lowest BCUT2D eigenvalue weighted by Crippen LogP contribution is -2.58. The molecule has 2 aliphatic rings. The molecule has 2 atom stereocenters. The molecule has 0 saturated carbocycles. The SMILES string of the molecule is O=C1CCc2c(OCC3(O)CCN(c4ccc(Cl)cc4Cl)CC3O)ccc(F)c2N1. The molecule has 1 amide bonds. The van der Waals surface area contributed by atoms with Gasteiger partial charge in [0.15, 0.2) is 0 Å². The highest BCUT2D eigenvalue weighted by Crippen LogP contribution is 2.36. The zero-order chi connectivity index (χ0) is 21.5. The lowest BCUT2D eigenvalue weighted by molar-refractivity contribution is -0.116. The van der Waals surface area contributed by atoms with Crippen LogP contribution in [0, 0.1) is 5.82 Å². The topological polar surface area (TPSA) is 82.0 Å². The number of carbonyl (C=O) groups is 1. The van der Waals surface area contributed by atoms with Gasteiger partial charge in [-0.2, -0.15) is 0 Å². The van der Waals surface area contributed by atoms with Gasteiger partial charge in [-0.15, -0.1) is 0 Å². The van der Waals surface area contributed by atoms with Gasteiger partial charge in [0.05, 0.1) is 16.4 Å². The number of halogens is 3. The van der Waals surface area contributed by atoms with Gasteiger partial charge in [-0.25, -0.2) is 4.39 Å². The van der Waals surface area contributed by atoms with E-state index >= 15 is 0 Å². The van der Waals surface area contributed by atoms with Crippen molar-refractivity contribution in [1.29, 1.82) is 0 Å². The fraction of sp³-hybridized carbons (Fsp3) is 0.381. The zero-order valence-electron chi connectivity index (χ0n) is 16.0. The van der Waals surface area contributed by atoms with Crippen LogP contribution in [0.15, 0.2) is 30.3 Å². The lowest BCUT2D eigenvalue weighted by atomic mass is 9.89. The van der Waals surface area contributed by atoms with E-state index in [9.17, 15) is 19.4 Å². The van der Waals surface area contributed by atoms with Gasteiger partial charge in [-0.05, 0) is 43.2 Å². The summed E-state index contributed by atoms with van der Waals surface area (Å²) in [6.45, 7) is 0.455. The minimum Gasteiger partial charge on any atom is -0.490 e. The maximum Gasteiger partial charge on any atom is 0.224 e. The highest BCUT2D eigenvalue weighted by molar-refractivity contribution is 6.36. The number of rotatable bonds is 4. The molecule has 160 valence electrons. The van der Waals surface area contributed by atoms with E-state index in [1.165, 1.54) is 12.1 Å². The van der Waals surface area contributed by atoms with Crippen molar-refractivity contribution >= 4 is 40.5 Å². The van der Waals surface area contributed by atoms with Crippen LogP contribution in [-0.2, 0) is 11.2 Å². The number of aliphatic hydroxyl groups excluding tert-OH is 1. The summed E-state index contributed by atoms with van der Waals surface area (Å²) in [4.78, 5) is 13.4. The Kier molecular flexibility index (Phi) is 5.81. The van der Waals surface area contributed by atoms with Gasteiger partial charge in [0.25, 0.3) is 0 Å². The first-order valence-electron chi connectivity index (χ1n) is 9.61. The quantitative estimate of drug-likeness (QED) is 0.659. The average molecular weight is 455 g/mol. The summed E-state index contributed by atoms with van der Waals surface area (Å²) in [7, 11) is 0. The maximum atomic E-state index is 14.0. The van der Waals surface area contributed by atoms with Gasteiger partial charge in [0, 0.05) is 30.1 Å². The van der Waals surface area contributed by atoms with E-state index in [0.29, 0.717) is 34.3 Å². The van der Waals surface area contributed by atoms with Gasteiger partial charge in [0.1, 0.15) is 29.9 Å². The van der Waals surface area contributed by atoms with Crippen molar-refractivity contribution in [2.24, 2.45) is 0 Å². The molecule has 9 heteroatoms. The molecule has 1 saturated heterocycles. The Morgan fingerprint density at radius 1 is 1.27 bits per heavy atom. The molecule has 2 aromatic rings. The second kappa shape index (κ2) is 8.23. The van der Waals surface area contributed by atoms with E-state index in [0.717, 1.165) is 5.69 Å². The van der Waals surface area contributed by atoms with Crippen molar-refractivity contribution in [3.8, 4) is 5.75 Å². The highest BCUT2D eigenvalue weighted by Gasteiger charge is 2.42. The molecule has 0 spiro atoms. The second-order valence-corrected chi connectivity index (χ2v) is 8.49. The molecule has 0 bridgehead atoms. The fourth-order valence-electron chi connectivity index (χ4n) is 3.85. The van der Waals surface area contributed by atoms with Gasteiger partial charge in [0.2, 0.25) is 5.91 Å². The predicted octanol–water partition coefficient (Wildman–Crippen LogP) is 3.40. The number of ether oxygens (including phenoxy) is 1. The summed E-state index contributed by atoms with van der Waals surface area (Å²) in [5.74, 6) is -0.395. The number of carbonyl (C=O) groups excluding carboxylic acids is 1. The molecule has 2 unspecified atom stereocenters. The van der Waals surface area contributed by atoms with Crippen LogP contribution < -0.4 is 15.0 Å². The monoisotopic (exact) mass is 454 g/mol. The number of hydrogen-bond donors (Lipinski definition) is 3. The summed E-state index contributed by atoms with van der Waals surface area (Å²) in [6.07, 6.45) is -0.268. The van der Waals surface area contributed by atoms with Gasteiger partial charge >= 0.3 is 0 Å². The number of benzene rings is 2.